The van der Waals surface area contributed by atoms with Crippen molar-refractivity contribution in [1.82, 2.24) is 9.55 Å². The van der Waals surface area contributed by atoms with Crippen LogP contribution >= 0.6 is 23.4 Å². The molecule has 1 atom stereocenters. The number of benzene rings is 2. The second-order valence-corrected chi connectivity index (χ2v) is 8.26. The summed E-state index contributed by atoms with van der Waals surface area (Å²) in [6.45, 7) is 1.80. The molecule has 1 amide bonds. The molecule has 0 aliphatic heterocycles. The van der Waals surface area contributed by atoms with E-state index in [1.807, 2.05) is 30.3 Å². The van der Waals surface area contributed by atoms with E-state index in [4.69, 9.17) is 11.6 Å². The molecule has 1 fully saturated rings. The summed E-state index contributed by atoms with van der Waals surface area (Å²) in [4.78, 5) is 30.2. The number of aromatic nitrogens is 2. The maximum atomic E-state index is 12.9. The van der Waals surface area contributed by atoms with Crippen LogP contribution in [0.3, 0.4) is 0 Å². The Labute approximate surface area is 165 Å². The van der Waals surface area contributed by atoms with Gasteiger partial charge in [0.05, 0.1) is 26.9 Å². The van der Waals surface area contributed by atoms with Crippen molar-refractivity contribution < 1.29 is 4.79 Å². The fourth-order valence-electron chi connectivity index (χ4n) is 2.87. The monoisotopic (exact) mass is 399 g/mol. The first-order valence-corrected chi connectivity index (χ1v) is 10.0. The average Bonchev–Trinajstić information content (AvgIpc) is 3.48. The van der Waals surface area contributed by atoms with Crippen LogP contribution in [0, 0.1) is 0 Å². The van der Waals surface area contributed by atoms with Gasteiger partial charge in [-0.1, -0.05) is 47.6 Å². The first-order chi connectivity index (χ1) is 13.0. The van der Waals surface area contributed by atoms with Crippen molar-refractivity contribution in [3.63, 3.8) is 0 Å². The van der Waals surface area contributed by atoms with Crippen LogP contribution < -0.4 is 10.9 Å². The molecule has 0 bridgehead atoms. The van der Waals surface area contributed by atoms with Crippen molar-refractivity contribution in [2.75, 3.05) is 5.32 Å². The highest BCUT2D eigenvalue weighted by molar-refractivity contribution is 8.00. The number of halogens is 1. The number of carbonyl (C=O) groups is 1. The Morgan fingerprint density at radius 3 is 2.67 bits per heavy atom. The van der Waals surface area contributed by atoms with Crippen molar-refractivity contribution in [1.29, 1.82) is 0 Å². The molecular formula is C20H18ClN3O2S. The topological polar surface area (TPSA) is 64.0 Å². The number of anilines is 1. The number of nitrogens with zero attached hydrogens (tertiary/aromatic N) is 2. The summed E-state index contributed by atoms with van der Waals surface area (Å²) in [5, 5.41) is 4.10. The van der Waals surface area contributed by atoms with Crippen LogP contribution in [-0.2, 0) is 4.79 Å². The molecule has 1 aromatic heterocycles. The van der Waals surface area contributed by atoms with Gasteiger partial charge in [0.25, 0.3) is 5.56 Å². The van der Waals surface area contributed by atoms with Gasteiger partial charge < -0.3 is 5.32 Å². The van der Waals surface area contributed by atoms with Gasteiger partial charge in [-0.3, -0.25) is 14.2 Å². The van der Waals surface area contributed by atoms with Gasteiger partial charge in [-0.05, 0) is 44.0 Å². The lowest BCUT2D eigenvalue weighted by Gasteiger charge is -2.16. The molecule has 0 radical (unpaired) electrons. The second-order valence-electron chi connectivity index (χ2n) is 6.55. The minimum Gasteiger partial charge on any atom is -0.324 e. The van der Waals surface area contributed by atoms with E-state index >= 15 is 0 Å². The number of thioether (sulfide) groups is 1. The molecule has 1 N–H and O–H groups in total. The molecule has 0 spiro atoms. The standard InChI is InChI=1S/C20H18ClN3O2S/c1-12(18(25)22-17-9-5-3-7-15(17)21)27-20-23-16-8-4-2-6-14(16)19(26)24(20)13-10-11-13/h2-9,12-13H,10-11H2,1H3,(H,22,25)/t12-/m0/s1. The molecule has 0 unspecified atom stereocenters. The molecular weight excluding hydrogens is 382 g/mol. The number of amides is 1. The van der Waals surface area contributed by atoms with Crippen LogP contribution in [0.2, 0.25) is 5.02 Å². The molecule has 5 nitrogen and oxygen atoms in total. The van der Waals surface area contributed by atoms with Crippen LogP contribution in [0.25, 0.3) is 10.9 Å². The van der Waals surface area contributed by atoms with E-state index in [0.717, 1.165) is 12.8 Å². The fourth-order valence-corrected chi connectivity index (χ4v) is 4.03. The molecule has 1 aliphatic carbocycles. The lowest BCUT2D eigenvalue weighted by molar-refractivity contribution is -0.115. The minimum atomic E-state index is -0.431. The summed E-state index contributed by atoms with van der Waals surface area (Å²) < 4.78 is 1.74. The van der Waals surface area contributed by atoms with E-state index in [1.165, 1.54) is 11.8 Å². The van der Waals surface area contributed by atoms with Gasteiger partial charge in [0.15, 0.2) is 5.16 Å². The Morgan fingerprint density at radius 1 is 1.22 bits per heavy atom. The Morgan fingerprint density at radius 2 is 1.93 bits per heavy atom. The maximum absolute atomic E-state index is 12.9. The highest BCUT2D eigenvalue weighted by Crippen LogP contribution is 2.37. The number of hydrogen-bond acceptors (Lipinski definition) is 4. The first-order valence-electron chi connectivity index (χ1n) is 8.78. The fraction of sp³-hybridized carbons (Fsp3) is 0.250. The van der Waals surface area contributed by atoms with Gasteiger partial charge in [0, 0.05) is 6.04 Å². The zero-order chi connectivity index (χ0) is 19.0. The predicted molar refractivity (Wildman–Crippen MR) is 110 cm³/mol. The molecule has 1 saturated carbocycles. The summed E-state index contributed by atoms with van der Waals surface area (Å²) in [5.74, 6) is -0.183. The predicted octanol–water partition coefficient (Wildman–Crippen LogP) is 4.50. The number of fused-ring (bicyclic) bond motifs is 1. The van der Waals surface area contributed by atoms with Crippen LogP contribution in [0.4, 0.5) is 5.69 Å². The van der Waals surface area contributed by atoms with Crippen molar-refractivity contribution in [3.8, 4) is 0 Å². The summed E-state index contributed by atoms with van der Waals surface area (Å²) >= 11 is 7.41. The highest BCUT2D eigenvalue weighted by Gasteiger charge is 2.30. The van der Waals surface area contributed by atoms with Crippen molar-refractivity contribution in [2.24, 2.45) is 0 Å². The Bertz CT molecular complexity index is 1080. The van der Waals surface area contributed by atoms with Crippen molar-refractivity contribution >= 4 is 45.9 Å². The van der Waals surface area contributed by atoms with Gasteiger partial charge in [-0.15, -0.1) is 0 Å². The van der Waals surface area contributed by atoms with Gasteiger partial charge in [-0.25, -0.2) is 4.98 Å². The van der Waals surface area contributed by atoms with Crippen LogP contribution in [0.1, 0.15) is 25.8 Å². The molecule has 1 heterocycles. The zero-order valence-electron chi connectivity index (χ0n) is 14.7. The summed E-state index contributed by atoms with van der Waals surface area (Å²) in [7, 11) is 0. The van der Waals surface area contributed by atoms with Crippen LogP contribution in [-0.4, -0.2) is 20.7 Å². The third-order valence-corrected chi connectivity index (χ3v) is 5.87. The minimum absolute atomic E-state index is 0.0377. The summed E-state index contributed by atoms with van der Waals surface area (Å²) in [6.07, 6.45) is 1.93. The second kappa shape index (κ2) is 7.37. The average molecular weight is 400 g/mol. The zero-order valence-corrected chi connectivity index (χ0v) is 16.3. The molecule has 3 aromatic rings. The van der Waals surface area contributed by atoms with Crippen LogP contribution in [0.5, 0.6) is 0 Å². The van der Waals surface area contributed by atoms with E-state index in [2.05, 4.69) is 10.3 Å². The molecule has 138 valence electrons. The molecule has 0 saturated heterocycles. The lowest BCUT2D eigenvalue weighted by atomic mass is 10.2. The Hall–Kier alpha value is -2.31. The molecule has 1 aliphatic rings. The van der Waals surface area contributed by atoms with E-state index in [0.29, 0.717) is 26.8 Å². The Kier molecular flexibility index (Phi) is 4.93. The molecule has 27 heavy (non-hydrogen) atoms. The van der Waals surface area contributed by atoms with E-state index in [-0.39, 0.29) is 17.5 Å². The highest BCUT2D eigenvalue weighted by atomic mass is 35.5. The summed E-state index contributed by atoms with van der Waals surface area (Å²) in [5.41, 5.74) is 1.19. The quantitative estimate of drug-likeness (QED) is 0.506. The van der Waals surface area contributed by atoms with Gasteiger partial charge in [-0.2, -0.15) is 0 Å². The van der Waals surface area contributed by atoms with Crippen LogP contribution in [0.15, 0.2) is 58.5 Å². The number of carbonyl (C=O) groups excluding carboxylic acids is 1. The Balaban J connectivity index is 1.62. The largest absolute Gasteiger partial charge is 0.324 e. The van der Waals surface area contributed by atoms with E-state index < -0.39 is 5.25 Å². The van der Waals surface area contributed by atoms with E-state index in [9.17, 15) is 9.59 Å². The third kappa shape index (κ3) is 3.73. The van der Waals surface area contributed by atoms with Crippen molar-refractivity contribution in [2.45, 2.75) is 36.2 Å². The van der Waals surface area contributed by atoms with Gasteiger partial charge >= 0.3 is 0 Å². The third-order valence-electron chi connectivity index (χ3n) is 4.47. The number of hydrogen-bond donors (Lipinski definition) is 1. The number of rotatable bonds is 5. The number of para-hydroxylation sites is 2. The molecule has 4 rings (SSSR count). The van der Waals surface area contributed by atoms with Gasteiger partial charge in [0.1, 0.15) is 0 Å². The summed E-state index contributed by atoms with van der Waals surface area (Å²) in [6, 6.07) is 14.6. The van der Waals surface area contributed by atoms with Crippen molar-refractivity contribution in [3.05, 3.63) is 63.9 Å². The molecule has 7 heteroatoms. The molecule has 2 aromatic carbocycles. The lowest BCUT2D eigenvalue weighted by Crippen LogP contribution is -2.26. The van der Waals surface area contributed by atoms with Gasteiger partial charge in [0.2, 0.25) is 5.91 Å². The number of nitrogens with one attached hydrogen (secondary N) is 1. The first kappa shape index (κ1) is 18.1. The normalized spacial score (nSPS) is 14.9. The smallest absolute Gasteiger partial charge is 0.262 e. The SMILES string of the molecule is C[C@H](Sc1nc2ccccc2c(=O)n1C1CC1)C(=O)Nc1ccccc1Cl. The maximum Gasteiger partial charge on any atom is 0.262 e. The van der Waals surface area contributed by atoms with E-state index in [1.54, 1.807) is 29.7 Å².